The van der Waals surface area contributed by atoms with E-state index in [9.17, 15) is 8.42 Å². The summed E-state index contributed by atoms with van der Waals surface area (Å²) in [5.74, 6) is 0.243. The first-order valence-electron chi connectivity index (χ1n) is 11.2. The number of rotatable bonds is 4. The Kier molecular flexibility index (Phi) is 5.48. The van der Waals surface area contributed by atoms with E-state index in [4.69, 9.17) is 0 Å². The lowest BCUT2D eigenvalue weighted by atomic mass is 9.79. The average Bonchev–Trinajstić information content (AvgIpc) is 2.84. The van der Waals surface area contributed by atoms with Crippen LogP contribution in [-0.2, 0) is 10.0 Å². The highest BCUT2D eigenvalue weighted by Crippen LogP contribution is 2.45. The van der Waals surface area contributed by atoms with Crippen molar-refractivity contribution in [1.29, 1.82) is 0 Å². The van der Waals surface area contributed by atoms with E-state index in [1.165, 1.54) is 11.1 Å². The number of nitrogens with zero attached hydrogens (tertiary/aromatic N) is 1. The SMILES string of the molecule is Cc1ccc(S(=O)(=O)N2CCCC3=C2C(c2ccccc2)=CC(c2ccccc2)C3)cc1. The first-order chi connectivity index (χ1) is 15.5. The van der Waals surface area contributed by atoms with Crippen molar-refractivity contribution in [3.63, 3.8) is 0 Å². The summed E-state index contributed by atoms with van der Waals surface area (Å²) in [6.45, 7) is 2.48. The molecule has 3 aromatic rings. The number of hydrogen-bond donors (Lipinski definition) is 0. The van der Waals surface area contributed by atoms with Crippen LogP contribution in [0.5, 0.6) is 0 Å². The molecule has 1 heterocycles. The van der Waals surface area contributed by atoms with E-state index in [1.54, 1.807) is 16.4 Å². The second kappa shape index (κ2) is 8.44. The van der Waals surface area contributed by atoms with Crippen LogP contribution < -0.4 is 0 Å². The third-order valence-electron chi connectivity index (χ3n) is 6.43. The maximum absolute atomic E-state index is 13.7. The highest BCUT2D eigenvalue weighted by atomic mass is 32.2. The molecule has 1 aliphatic heterocycles. The largest absolute Gasteiger partial charge is 0.266 e. The summed E-state index contributed by atoms with van der Waals surface area (Å²) in [6, 6.07) is 27.9. The van der Waals surface area contributed by atoms with Crippen molar-refractivity contribution in [3.8, 4) is 0 Å². The van der Waals surface area contributed by atoms with Crippen LogP contribution in [0.25, 0.3) is 5.57 Å². The zero-order valence-corrected chi connectivity index (χ0v) is 19.1. The molecule has 0 aromatic heterocycles. The van der Waals surface area contributed by atoms with E-state index in [0.29, 0.717) is 11.4 Å². The number of hydrogen-bond acceptors (Lipinski definition) is 2. The molecule has 2 aliphatic rings. The Morgan fingerprint density at radius 2 is 1.50 bits per heavy atom. The number of aryl methyl sites for hydroxylation is 1. The van der Waals surface area contributed by atoms with Crippen molar-refractivity contribution < 1.29 is 8.42 Å². The molecule has 3 aromatic carbocycles. The molecule has 4 heteroatoms. The highest BCUT2D eigenvalue weighted by Gasteiger charge is 2.36. The first-order valence-corrected chi connectivity index (χ1v) is 12.6. The van der Waals surface area contributed by atoms with Gasteiger partial charge in [0.15, 0.2) is 0 Å². The van der Waals surface area contributed by atoms with Crippen LogP contribution in [0.1, 0.15) is 41.9 Å². The van der Waals surface area contributed by atoms with Gasteiger partial charge in [-0.15, -0.1) is 0 Å². The fourth-order valence-corrected chi connectivity index (χ4v) is 6.39. The van der Waals surface area contributed by atoms with Gasteiger partial charge in [-0.05, 0) is 55.0 Å². The predicted molar refractivity (Wildman–Crippen MR) is 130 cm³/mol. The minimum absolute atomic E-state index is 0.243. The quantitative estimate of drug-likeness (QED) is 0.476. The van der Waals surface area contributed by atoms with Gasteiger partial charge in [-0.2, -0.15) is 0 Å². The monoisotopic (exact) mass is 441 g/mol. The third-order valence-corrected chi connectivity index (χ3v) is 8.25. The topological polar surface area (TPSA) is 37.4 Å². The standard InChI is InChI=1S/C28H27NO2S/c1-21-14-16-26(17-15-21)32(30,31)29-18-8-13-24-19-25(22-9-4-2-5-10-22)20-27(28(24)29)23-11-6-3-7-12-23/h2-7,9-12,14-17,20,25H,8,13,18-19H2,1H3. The lowest BCUT2D eigenvalue weighted by Gasteiger charge is -2.38. The zero-order chi connectivity index (χ0) is 22.1. The van der Waals surface area contributed by atoms with E-state index >= 15 is 0 Å². The summed E-state index contributed by atoms with van der Waals surface area (Å²) in [5, 5.41) is 0. The molecule has 1 aliphatic carbocycles. The summed E-state index contributed by atoms with van der Waals surface area (Å²) >= 11 is 0. The molecule has 0 saturated heterocycles. The average molecular weight is 442 g/mol. The van der Waals surface area contributed by atoms with Crippen LogP contribution in [-0.4, -0.2) is 19.3 Å². The van der Waals surface area contributed by atoms with Gasteiger partial charge < -0.3 is 0 Å². The summed E-state index contributed by atoms with van der Waals surface area (Å²) in [7, 11) is -3.64. The van der Waals surface area contributed by atoms with Crippen LogP contribution >= 0.6 is 0 Å². The molecule has 0 fully saturated rings. The molecule has 0 bridgehead atoms. The Bertz CT molecular complexity index is 1270. The number of benzene rings is 3. The molecule has 0 radical (unpaired) electrons. The smallest absolute Gasteiger partial charge is 0.264 e. The summed E-state index contributed by atoms with van der Waals surface area (Å²) in [5.41, 5.74) is 6.53. The Labute approximate surface area is 190 Å². The molecule has 0 saturated carbocycles. The summed E-state index contributed by atoms with van der Waals surface area (Å²) in [4.78, 5) is 0.356. The molecule has 162 valence electrons. The zero-order valence-electron chi connectivity index (χ0n) is 18.2. The molecular weight excluding hydrogens is 414 g/mol. The second-order valence-corrected chi connectivity index (χ2v) is 10.5. The van der Waals surface area contributed by atoms with Gasteiger partial charge in [0.25, 0.3) is 10.0 Å². The molecule has 0 spiro atoms. The van der Waals surface area contributed by atoms with Crippen LogP contribution in [0, 0.1) is 6.92 Å². The van der Waals surface area contributed by atoms with E-state index in [0.717, 1.165) is 41.7 Å². The molecule has 0 N–H and O–H groups in total. The van der Waals surface area contributed by atoms with Gasteiger partial charge in [-0.3, -0.25) is 4.31 Å². The van der Waals surface area contributed by atoms with Gasteiger partial charge in [-0.25, -0.2) is 8.42 Å². The van der Waals surface area contributed by atoms with E-state index in [-0.39, 0.29) is 5.92 Å². The molecule has 0 amide bonds. The van der Waals surface area contributed by atoms with E-state index in [1.807, 2.05) is 43.3 Å². The molecule has 1 atom stereocenters. The number of allylic oxidation sites excluding steroid dienone is 3. The van der Waals surface area contributed by atoms with E-state index in [2.05, 4.69) is 42.5 Å². The van der Waals surface area contributed by atoms with E-state index < -0.39 is 10.0 Å². The molecule has 3 nitrogen and oxygen atoms in total. The molecule has 5 rings (SSSR count). The van der Waals surface area contributed by atoms with Crippen molar-refractivity contribution in [2.45, 2.75) is 37.0 Å². The van der Waals surface area contributed by atoms with Gasteiger partial charge in [-0.1, -0.05) is 84.4 Å². The second-order valence-electron chi connectivity index (χ2n) is 8.61. The molecular formula is C28H27NO2S. The van der Waals surface area contributed by atoms with Crippen molar-refractivity contribution >= 4 is 15.6 Å². The Hall–Kier alpha value is -3.11. The number of sulfonamides is 1. The fourth-order valence-electron chi connectivity index (χ4n) is 4.81. The lowest BCUT2D eigenvalue weighted by molar-refractivity contribution is 0.443. The van der Waals surface area contributed by atoms with Crippen LogP contribution in [0.2, 0.25) is 0 Å². The van der Waals surface area contributed by atoms with Gasteiger partial charge in [0.2, 0.25) is 0 Å². The Morgan fingerprint density at radius 1 is 0.844 bits per heavy atom. The van der Waals surface area contributed by atoms with Crippen LogP contribution in [0.15, 0.2) is 107 Å². The summed E-state index contributed by atoms with van der Waals surface area (Å²) < 4.78 is 29.2. The van der Waals surface area contributed by atoms with Gasteiger partial charge in [0.05, 0.1) is 10.6 Å². The lowest BCUT2D eigenvalue weighted by Crippen LogP contribution is -2.36. The molecule has 32 heavy (non-hydrogen) atoms. The maximum atomic E-state index is 13.7. The first kappa shape index (κ1) is 20.8. The highest BCUT2D eigenvalue weighted by molar-refractivity contribution is 7.89. The van der Waals surface area contributed by atoms with Gasteiger partial charge in [0, 0.05) is 18.0 Å². The Morgan fingerprint density at radius 3 is 2.19 bits per heavy atom. The van der Waals surface area contributed by atoms with Crippen molar-refractivity contribution in [1.82, 2.24) is 4.31 Å². The summed E-state index contributed by atoms with van der Waals surface area (Å²) in [6.07, 6.45) is 4.90. The van der Waals surface area contributed by atoms with Crippen molar-refractivity contribution in [2.24, 2.45) is 0 Å². The minimum Gasteiger partial charge on any atom is -0.266 e. The van der Waals surface area contributed by atoms with Crippen molar-refractivity contribution in [3.05, 3.63) is 119 Å². The maximum Gasteiger partial charge on any atom is 0.264 e. The normalized spacial score (nSPS) is 18.8. The minimum atomic E-state index is -3.64. The van der Waals surface area contributed by atoms with Crippen molar-refractivity contribution in [2.75, 3.05) is 6.54 Å². The van der Waals surface area contributed by atoms with Crippen LogP contribution in [0.4, 0.5) is 0 Å². The van der Waals surface area contributed by atoms with Gasteiger partial charge in [0.1, 0.15) is 0 Å². The molecule has 1 unspecified atom stereocenters. The third kappa shape index (κ3) is 3.80. The predicted octanol–water partition coefficient (Wildman–Crippen LogP) is 6.30. The van der Waals surface area contributed by atoms with Gasteiger partial charge >= 0.3 is 0 Å². The fraction of sp³-hybridized carbons (Fsp3) is 0.214. The Balaban J connectivity index is 1.64. The van der Waals surface area contributed by atoms with Crippen LogP contribution in [0.3, 0.4) is 0 Å².